The molecule has 9 heteroatoms. The molecular formula is C48H33Cl3O6. The molecule has 0 N–H and O–H groups in total. The molecule has 6 aromatic carbocycles. The van der Waals surface area contributed by atoms with Gasteiger partial charge in [0, 0.05) is 34.3 Å². The van der Waals surface area contributed by atoms with E-state index < -0.39 is 0 Å². The van der Waals surface area contributed by atoms with Crippen molar-refractivity contribution in [2.24, 2.45) is 0 Å². The number of hydrogen-bond donors (Lipinski definition) is 0. The molecule has 0 amide bonds. The van der Waals surface area contributed by atoms with E-state index in [1.165, 1.54) is 0 Å². The Labute approximate surface area is 342 Å². The van der Waals surface area contributed by atoms with Crippen molar-refractivity contribution in [2.45, 2.75) is 19.3 Å². The maximum Gasteiger partial charge on any atom is 0.343 e. The van der Waals surface area contributed by atoms with Gasteiger partial charge in [0.1, 0.15) is 17.3 Å². The summed E-state index contributed by atoms with van der Waals surface area (Å²) >= 11 is 17.8. The minimum atomic E-state index is -0.296. The van der Waals surface area contributed by atoms with Crippen LogP contribution in [0.3, 0.4) is 0 Å². The Morgan fingerprint density at radius 1 is 0.333 bits per heavy atom. The van der Waals surface area contributed by atoms with Crippen LogP contribution in [0.5, 0.6) is 0 Å². The van der Waals surface area contributed by atoms with Crippen molar-refractivity contribution in [2.75, 3.05) is 0 Å². The third-order valence-electron chi connectivity index (χ3n) is 8.97. The molecule has 9 rings (SSSR count). The van der Waals surface area contributed by atoms with Gasteiger partial charge in [0.25, 0.3) is 0 Å². The topological polar surface area (TPSA) is 90.6 Å². The lowest BCUT2D eigenvalue weighted by Crippen LogP contribution is -2.02. The highest BCUT2D eigenvalue weighted by Gasteiger charge is 2.08. The molecule has 0 bridgehead atoms. The Bertz CT molecular complexity index is 2690. The highest BCUT2D eigenvalue weighted by molar-refractivity contribution is 6.31. The lowest BCUT2D eigenvalue weighted by Gasteiger charge is -2.03. The quantitative estimate of drug-likeness (QED) is 0.166. The van der Waals surface area contributed by atoms with Gasteiger partial charge in [-0.1, -0.05) is 126 Å². The normalized spacial score (nSPS) is 10.8. The van der Waals surface area contributed by atoms with Crippen LogP contribution in [0.25, 0.3) is 32.3 Å². The van der Waals surface area contributed by atoms with Crippen LogP contribution in [0, 0.1) is 0 Å². The van der Waals surface area contributed by atoms with Gasteiger partial charge in [0.05, 0.1) is 16.2 Å². The fourth-order valence-electron chi connectivity index (χ4n) is 6.36. The molecule has 9 aromatic rings. The van der Waals surface area contributed by atoms with Crippen LogP contribution in [0.1, 0.15) is 34.0 Å². The summed E-state index contributed by atoms with van der Waals surface area (Å²) in [5.74, 6) is 1.93. The molecule has 282 valence electrons. The van der Waals surface area contributed by atoms with Crippen molar-refractivity contribution in [1.82, 2.24) is 0 Å². The predicted molar refractivity (Wildman–Crippen MR) is 230 cm³/mol. The molecule has 0 aliphatic carbocycles. The third-order valence-corrected chi connectivity index (χ3v) is 9.67. The van der Waals surface area contributed by atoms with E-state index >= 15 is 0 Å². The van der Waals surface area contributed by atoms with Gasteiger partial charge in [-0.3, -0.25) is 0 Å². The molecule has 0 saturated heterocycles. The molecule has 6 nitrogen and oxygen atoms in total. The molecule has 3 heterocycles. The standard InChI is InChI=1S/3C16H11ClO2/c3*17-13-6-3-4-11(8-13)9-14-10-12-5-1-2-7-15(12)16(18)19-14/h3*1-8,10H,9H2. The monoisotopic (exact) mass is 810 g/mol. The largest absolute Gasteiger partial charge is 0.427 e. The second-order valence-corrected chi connectivity index (χ2v) is 14.5. The maximum absolute atomic E-state index is 11.9. The Balaban J connectivity index is 0.000000131. The number of benzene rings is 6. The Morgan fingerprint density at radius 3 is 0.895 bits per heavy atom. The summed E-state index contributed by atoms with van der Waals surface area (Å²) in [6, 6.07) is 50.6. The highest BCUT2D eigenvalue weighted by Crippen LogP contribution is 2.20. The summed E-state index contributed by atoms with van der Waals surface area (Å²) in [6.07, 6.45) is 1.67. The smallest absolute Gasteiger partial charge is 0.343 e. The molecular weight excluding hydrogens is 779 g/mol. The SMILES string of the molecule is O=c1oc(Cc2cccc(Cl)c2)cc2ccccc12.O=c1oc(Cc2cccc(Cl)c2)cc2ccccc12.O=c1oc(Cc2cccc(Cl)c2)cc2ccccc12. The van der Waals surface area contributed by atoms with E-state index in [-0.39, 0.29) is 16.9 Å². The summed E-state index contributed by atoms with van der Waals surface area (Å²) in [4.78, 5) is 35.6. The minimum absolute atomic E-state index is 0.296. The molecule has 0 unspecified atom stereocenters. The molecule has 3 aromatic heterocycles. The van der Waals surface area contributed by atoms with E-state index in [1.54, 1.807) is 18.2 Å². The van der Waals surface area contributed by atoms with Gasteiger partial charge in [0.15, 0.2) is 0 Å². The second kappa shape index (κ2) is 18.2. The zero-order valence-electron chi connectivity index (χ0n) is 30.3. The number of fused-ring (bicyclic) bond motifs is 3. The summed E-state index contributed by atoms with van der Waals surface area (Å²) in [5, 5.41) is 6.57. The highest BCUT2D eigenvalue weighted by atomic mass is 35.5. The van der Waals surface area contributed by atoms with E-state index in [9.17, 15) is 14.4 Å². The van der Waals surface area contributed by atoms with Crippen LogP contribution in [0.15, 0.2) is 191 Å². The lowest BCUT2D eigenvalue weighted by atomic mass is 10.1. The van der Waals surface area contributed by atoms with Crippen molar-refractivity contribution in [1.29, 1.82) is 0 Å². The first-order valence-corrected chi connectivity index (χ1v) is 19.1. The van der Waals surface area contributed by atoms with Crippen LogP contribution < -0.4 is 16.9 Å². The zero-order chi connectivity index (χ0) is 39.7. The number of rotatable bonds is 6. The number of hydrogen-bond acceptors (Lipinski definition) is 6. The maximum atomic E-state index is 11.9. The van der Waals surface area contributed by atoms with Crippen molar-refractivity contribution in [3.8, 4) is 0 Å². The average Bonchev–Trinajstić information content (AvgIpc) is 3.19. The Kier molecular flexibility index (Phi) is 12.5. The van der Waals surface area contributed by atoms with Crippen LogP contribution in [-0.4, -0.2) is 0 Å². The summed E-state index contributed by atoms with van der Waals surface area (Å²) in [6.45, 7) is 0. The van der Waals surface area contributed by atoms with Crippen molar-refractivity contribution in [3.63, 3.8) is 0 Å². The first-order chi connectivity index (χ1) is 27.7. The molecule has 0 spiro atoms. The van der Waals surface area contributed by atoms with E-state index in [1.807, 2.05) is 146 Å². The van der Waals surface area contributed by atoms with Gasteiger partial charge in [-0.25, -0.2) is 14.4 Å². The average molecular weight is 812 g/mol. The zero-order valence-corrected chi connectivity index (χ0v) is 32.6. The third kappa shape index (κ3) is 10.4. The van der Waals surface area contributed by atoms with Crippen LogP contribution in [0.2, 0.25) is 15.1 Å². The summed E-state index contributed by atoms with van der Waals surface area (Å²) < 4.78 is 16.0. The lowest BCUT2D eigenvalue weighted by molar-refractivity contribution is 0.476. The second-order valence-electron chi connectivity index (χ2n) is 13.2. The van der Waals surface area contributed by atoms with Gasteiger partial charge < -0.3 is 13.3 Å². The molecule has 0 atom stereocenters. The van der Waals surface area contributed by atoms with Gasteiger partial charge in [-0.2, -0.15) is 0 Å². The summed E-state index contributed by atoms with van der Waals surface area (Å²) in [5.41, 5.74) is 2.17. The molecule has 57 heavy (non-hydrogen) atoms. The first-order valence-electron chi connectivity index (χ1n) is 18.0. The molecule has 0 saturated carbocycles. The Morgan fingerprint density at radius 2 is 0.614 bits per heavy atom. The van der Waals surface area contributed by atoms with Crippen LogP contribution in [0.4, 0.5) is 0 Å². The van der Waals surface area contributed by atoms with Gasteiger partial charge in [-0.15, -0.1) is 0 Å². The van der Waals surface area contributed by atoms with Crippen molar-refractivity contribution in [3.05, 3.63) is 244 Å². The molecule has 0 fully saturated rings. The van der Waals surface area contributed by atoms with Crippen LogP contribution in [-0.2, 0) is 19.3 Å². The van der Waals surface area contributed by atoms with E-state index in [2.05, 4.69) is 0 Å². The fraction of sp³-hybridized carbons (Fsp3) is 0.0625. The van der Waals surface area contributed by atoms with Crippen LogP contribution >= 0.6 is 34.8 Å². The Hall–Kier alpha value is -6.18. The van der Waals surface area contributed by atoms with E-state index in [0.717, 1.165) is 32.8 Å². The number of halogens is 3. The van der Waals surface area contributed by atoms with Gasteiger partial charge in [0.2, 0.25) is 0 Å². The van der Waals surface area contributed by atoms with E-state index in [4.69, 9.17) is 48.1 Å². The molecule has 0 radical (unpaired) electrons. The fourth-order valence-corrected chi connectivity index (χ4v) is 7.00. The summed E-state index contributed by atoms with van der Waals surface area (Å²) in [7, 11) is 0. The van der Waals surface area contributed by atoms with Gasteiger partial charge >= 0.3 is 16.9 Å². The van der Waals surface area contributed by atoms with Gasteiger partial charge in [-0.05, 0) is 106 Å². The van der Waals surface area contributed by atoms with Crippen molar-refractivity contribution >= 4 is 67.1 Å². The minimum Gasteiger partial charge on any atom is -0.427 e. The molecule has 0 aliphatic heterocycles. The first kappa shape index (κ1) is 39.1. The van der Waals surface area contributed by atoms with Crippen molar-refractivity contribution < 1.29 is 13.3 Å². The predicted octanol–water partition coefficient (Wildman–Crippen LogP) is 12.1. The van der Waals surface area contributed by atoms with E-state index in [0.29, 0.717) is 67.8 Å². The molecule has 0 aliphatic rings.